The molecule has 35 heavy (non-hydrogen) atoms. The number of amides is 2. The molecule has 0 atom stereocenters. The average molecular weight is 477 g/mol. The maximum Gasteiger partial charge on any atom is 0.321 e. The lowest BCUT2D eigenvalue weighted by molar-refractivity contribution is 0.148. The molecule has 0 unspecified atom stereocenters. The van der Waals surface area contributed by atoms with E-state index in [2.05, 4.69) is 27.3 Å². The van der Waals surface area contributed by atoms with Crippen LogP contribution in [0.15, 0.2) is 67.0 Å². The lowest BCUT2D eigenvalue weighted by Gasteiger charge is -2.34. The Morgan fingerprint density at radius 3 is 2.14 bits per heavy atom. The highest BCUT2D eigenvalue weighted by molar-refractivity contribution is 5.89. The zero-order valence-electron chi connectivity index (χ0n) is 20.3. The first-order valence-corrected chi connectivity index (χ1v) is 11.7. The van der Waals surface area contributed by atoms with Crippen molar-refractivity contribution < 1.29 is 19.0 Å². The van der Waals surface area contributed by atoms with Crippen LogP contribution in [-0.2, 0) is 13.0 Å². The number of carbonyl (C=O) groups excluding carboxylic acids is 1. The third-order valence-electron chi connectivity index (χ3n) is 6.05. The van der Waals surface area contributed by atoms with E-state index in [1.807, 2.05) is 59.8 Å². The number of anilines is 1. The summed E-state index contributed by atoms with van der Waals surface area (Å²) in [6, 6.07) is 17.1. The van der Waals surface area contributed by atoms with E-state index in [1.54, 1.807) is 14.2 Å². The number of urea groups is 1. The van der Waals surface area contributed by atoms with Gasteiger partial charge in [0, 0.05) is 56.9 Å². The maximum atomic E-state index is 12.7. The number of hydrogen-bond acceptors (Lipinski definition) is 6. The number of hydrogen-bond donors (Lipinski definition) is 1. The number of pyridine rings is 1. The number of nitrogens with one attached hydrogen (secondary N) is 1. The van der Waals surface area contributed by atoms with Crippen LogP contribution in [0.3, 0.4) is 0 Å². The second-order valence-corrected chi connectivity index (χ2v) is 8.40. The number of rotatable bonds is 9. The molecule has 0 saturated carbocycles. The van der Waals surface area contributed by atoms with Crippen molar-refractivity contribution in [3.63, 3.8) is 0 Å². The van der Waals surface area contributed by atoms with Gasteiger partial charge in [-0.25, -0.2) is 4.79 Å². The summed E-state index contributed by atoms with van der Waals surface area (Å²) in [7, 11) is 3.24. The SMILES string of the molecule is COc1cc(COc2ccc(NC(=O)N3CCN(CCc4ccncc4)CC3)cc2)cc(OC)c1. The van der Waals surface area contributed by atoms with Gasteiger partial charge in [0.15, 0.2) is 0 Å². The molecule has 4 rings (SSSR count). The summed E-state index contributed by atoms with van der Waals surface area (Å²) >= 11 is 0. The highest BCUT2D eigenvalue weighted by Crippen LogP contribution is 2.24. The molecule has 184 valence electrons. The first-order valence-electron chi connectivity index (χ1n) is 11.7. The molecule has 1 fully saturated rings. The van der Waals surface area contributed by atoms with Crippen LogP contribution in [0.4, 0.5) is 10.5 Å². The lowest BCUT2D eigenvalue weighted by atomic mass is 10.2. The van der Waals surface area contributed by atoms with E-state index >= 15 is 0 Å². The molecule has 0 bridgehead atoms. The van der Waals surface area contributed by atoms with Crippen LogP contribution in [0.2, 0.25) is 0 Å². The molecule has 0 radical (unpaired) electrons. The van der Waals surface area contributed by atoms with Gasteiger partial charge in [0.05, 0.1) is 14.2 Å². The third kappa shape index (κ3) is 7.10. The van der Waals surface area contributed by atoms with Gasteiger partial charge in [0.2, 0.25) is 0 Å². The number of carbonyl (C=O) groups is 1. The fourth-order valence-electron chi connectivity index (χ4n) is 3.96. The van der Waals surface area contributed by atoms with Crippen molar-refractivity contribution in [2.45, 2.75) is 13.0 Å². The van der Waals surface area contributed by atoms with E-state index in [9.17, 15) is 4.79 Å². The summed E-state index contributed by atoms with van der Waals surface area (Å²) in [4.78, 5) is 21.0. The van der Waals surface area contributed by atoms with Gasteiger partial charge in [0.1, 0.15) is 23.9 Å². The molecule has 0 aliphatic carbocycles. The number of piperazine rings is 1. The minimum Gasteiger partial charge on any atom is -0.497 e. The zero-order valence-corrected chi connectivity index (χ0v) is 20.3. The molecule has 8 heteroatoms. The number of ether oxygens (including phenoxy) is 3. The van der Waals surface area contributed by atoms with Crippen molar-refractivity contribution in [3.05, 3.63) is 78.1 Å². The van der Waals surface area contributed by atoms with Crippen LogP contribution in [0.25, 0.3) is 0 Å². The molecular weight excluding hydrogens is 444 g/mol. The number of aromatic nitrogens is 1. The largest absolute Gasteiger partial charge is 0.497 e. The molecule has 2 aromatic carbocycles. The Bertz CT molecular complexity index is 1060. The fourth-order valence-corrected chi connectivity index (χ4v) is 3.96. The Balaban J connectivity index is 1.21. The average Bonchev–Trinajstić information content (AvgIpc) is 2.92. The predicted molar refractivity (Wildman–Crippen MR) is 135 cm³/mol. The summed E-state index contributed by atoms with van der Waals surface area (Å²) in [5.74, 6) is 2.15. The smallest absolute Gasteiger partial charge is 0.321 e. The van der Waals surface area contributed by atoms with E-state index < -0.39 is 0 Å². The molecule has 1 aliphatic rings. The molecule has 1 saturated heterocycles. The van der Waals surface area contributed by atoms with Crippen LogP contribution in [0.1, 0.15) is 11.1 Å². The number of nitrogens with zero attached hydrogens (tertiary/aromatic N) is 3. The fraction of sp³-hybridized carbons (Fsp3) is 0.333. The van der Waals surface area contributed by atoms with Gasteiger partial charge in [-0.3, -0.25) is 9.88 Å². The Labute approximate surface area is 206 Å². The summed E-state index contributed by atoms with van der Waals surface area (Å²) < 4.78 is 16.5. The number of benzene rings is 2. The maximum absolute atomic E-state index is 12.7. The quantitative estimate of drug-likeness (QED) is 0.502. The Morgan fingerprint density at radius 1 is 0.857 bits per heavy atom. The minimum atomic E-state index is -0.0732. The van der Waals surface area contributed by atoms with Crippen LogP contribution in [-0.4, -0.2) is 67.8 Å². The monoisotopic (exact) mass is 476 g/mol. The standard InChI is InChI=1S/C27H32N4O4/c1-33-25-17-22(18-26(19-25)34-2)20-35-24-5-3-23(4-6-24)29-27(32)31-15-13-30(14-16-31)12-9-21-7-10-28-11-8-21/h3-8,10-11,17-19H,9,12-16,20H2,1-2H3,(H,29,32). The zero-order chi connectivity index (χ0) is 24.5. The van der Waals surface area contributed by atoms with Crippen LogP contribution >= 0.6 is 0 Å². The summed E-state index contributed by atoms with van der Waals surface area (Å²) in [6.45, 7) is 4.55. The van der Waals surface area contributed by atoms with E-state index in [1.165, 1.54) is 5.56 Å². The van der Waals surface area contributed by atoms with Crippen LogP contribution in [0, 0.1) is 0 Å². The first kappa shape index (κ1) is 24.3. The Hall–Kier alpha value is -3.78. The molecule has 1 aromatic heterocycles. The first-order chi connectivity index (χ1) is 17.1. The second kappa shape index (κ2) is 12.1. The molecule has 1 N–H and O–H groups in total. The van der Waals surface area contributed by atoms with E-state index in [0.29, 0.717) is 25.4 Å². The van der Waals surface area contributed by atoms with Crippen molar-refractivity contribution in [2.24, 2.45) is 0 Å². The molecule has 0 spiro atoms. The van der Waals surface area contributed by atoms with Gasteiger partial charge < -0.3 is 24.4 Å². The van der Waals surface area contributed by atoms with E-state index in [4.69, 9.17) is 14.2 Å². The predicted octanol–water partition coefficient (Wildman–Crippen LogP) is 4.07. The third-order valence-corrected chi connectivity index (χ3v) is 6.05. The molecule has 1 aliphatic heterocycles. The van der Waals surface area contributed by atoms with Gasteiger partial charge in [-0.1, -0.05) is 0 Å². The molecule has 3 aromatic rings. The van der Waals surface area contributed by atoms with Crippen molar-refractivity contribution in [1.82, 2.24) is 14.8 Å². The second-order valence-electron chi connectivity index (χ2n) is 8.40. The van der Waals surface area contributed by atoms with Crippen molar-refractivity contribution >= 4 is 11.7 Å². The summed E-state index contributed by atoms with van der Waals surface area (Å²) in [5.41, 5.74) is 2.97. The van der Waals surface area contributed by atoms with Gasteiger partial charge in [-0.2, -0.15) is 0 Å². The van der Waals surface area contributed by atoms with Crippen molar-refractivity contribution in [1.29, 1.82) is 0 Å². The summed E-state index contributed by atoms with van der Waals surface area (Å²) in [5, 5.41) is 2.99. The van der Waals surface area contributed by atoms with Gasteiger partial charge in [-0.05, 0) is 66.1 Å². The number of methoxy groups -OCH3 is 2. The normalized spacial score (nSPS) is 13.8. The topological polar surface area (TPSA) is 76.2 Å². The lowest BCUT2D eigenvalue weighted by Crippen LogP contribution is -2.50. The van der Waals surface area contributed by atoms with Gasteiger partial charge in [-0.15, -0.1) is 0 Å². The van der Waals surface area contributed by atoms with Crippen molar-refractivity contribution in [2.75, 3.05) is 52.3 Å². The van der Waals surface area contributed by atoms with E-state index in [-0.39, 0.29) is 6.03 Å². The summed E-state index contributed by atoms with van der Waals surface area (Å²) in [6.07, 6.45) is 4.65. The molecular formula is C27H32N4O4. The Morgan fingerprint density at radius 2 is 1.51 bits per heavy atom. The van der Waals surface area contributed by atoms with Crippen LogP contribution < -0.4 is 19.5 Å². The molecule has 8 nitrogen and oxygen atoms in total. The highest BCUT2D eigenvalue weighted by Gasteiger charge is 2.21. The Kier molecular flexibility index (Phi) is 8.40. The van der Waals surface area contributed by atoms with Gasteiger partial charge >= 0.3 is 6.03 Å². The van der Waals surface area contributed by atoms with Crippen molar-refractivity contribution in [3.8, 4) is 17.2 Å². The molecule has 2 amide bonds. The van der Waals surface area contributed by atoms with Gasteiger partial charge in [0.25, 0.3) is 0 Å². The minimum absolute atomic E-state index is 0.0732. The van der Waals surface area contributed by atoms with E-state index in [0.717, 1.165) is 48.8 Å². The molecule has 2 heterocycles. The van der Waals surface area contributed by atoms with Crippen LogP contribution in [0.5, 0.6) is 17.2 Å². The highest BCUT2D eigenvalue weighted by atomic mass is 16.5.